The first-order valence-corrected chi connectivity index (χ1v) is 7.56. The summed E-state index contributed by atoms with van der Waals surface area (Å²) < 4.78 is 18.6. The van der Waals surface area contributed by atoms with E-state index in [1.54, 1.807) is 0 Å². The van der Waals surface area contributed by atoms with Crippen molar-refractivity contribution in [3.63, 3.8) is 0 Å². The van der Waals surface area contributed by atoms with Gasteiger partial charge in [-0.15, -0.1) is 0 Å². The highest BCUT2D eigenvalue weighted by atomic mass is 19.1. The van der Waals surface area contributed by atoms with Crippen molar-refractivity contribution >= 4 is 11.8 Å². The van der Waals surface area contributed by atoms with E-state index in [-0.39, 0.29) is 18.2 Å². The van der Waals surface area contributed by atoms with E-state index in [1.807, 2.05) is 30.3 Å². The molecule has 0 unspecified atom stereocenters. The number of pyridine rings is 1. The van der Waals surface area contributed by atoms with Crippen LogP contribution in [0.2, 0.25) is 0 Å². The third-order valence-electron chi connectivity index (χ3n) is 3.76. The zero-order valence-electron chi connectivity index (χ0n) is 12.5. The van der Waals surface area contributed by atoms with E-state index >= 15 is 0 Å². The standard InChI is InChI=1S/C17H18FN3O2/c18-13-6-7-16(19-11-13)21-17(22)20-14-8-9-23-15(10-14)12-4-2-1-3-5-12/h1-7,11,14-15H,8-10H2,(H2,19,20,21,22)/t14-,15+/m1/s1. The number of benzene rings is 1. The van der Waals surface area contributed by atoms with Gasteiger partial charge in [-0.05, 0) is 30.5 Å². The molecule has 0 spiro atoms. The molecule has 1 saturated heterocycles. The fraction of sp³-hybridized carbons (Fsp3) is 0.294. The number of carbonyl (C=O) groups excluding carboxylic acids is 1. The third kappa shape index (κ3) is 4.26. The van der Waals surface area contributed by atoms with E-state index in [4.69, 9.17) is 4.74 Å². The average Bonchev–Trinajstić information content (AvgIpc) is 2.58. The van der Waals surface area contributed by atoms with Crippen LogP contribution in [0.4, 0.5) is 15.0 Å². The van der Waals surface area contributed by atoms with Gasteiger partial charge in [0.2, 0.25) is 0 Å². The number of amides is 2. The minimum atomic E-state index is -0.439. The number of aromatic nitrogens is 1. The Bertz CT molecular complexity index is 649. The molecule has 1 aromatic carbocycles. The van der Waals surface area contributed by atoms with Crippen molar-refractivity contribution in [2.75, 3.05) is 11.9 Å². The third-order valence-corrected chi connectivity index (χ3v) is 3.76. The van der Waals surface area contributed by atoms with Gasteiger partial charge in [0.25, 0.3) is 0 Å². The van der Waals surface area contributed by atoms with E-state index in [1.165, 1.54) is 12.1 Å². The lowest BCUT2D eigenvalue weighted by Gasteiger charge is -2.30. The summed E-state index contributed by atoms with van der Waals surface area (Å²) in [6.45, 7) is 0.597. The van der Waals surface area contributed by atoms with Crippen LogP contribution in [0.5, 0.6) is 0 Å². The lowest BCUT2D eigenvalue weighted by Crippen LogP contribution is -2.42. The van der Waals surface area contributed by atoms with Crippen LogP contribution in [0.3, 0.4) is 0 Å². The van der Waals surface area contributed by atoms with Gasteiger partial charge in [0.1, 0.15) is 11.6 Å². The van der Waals surface area contributed by atoms with Crippen LogP contribution >= 0.6 is 0 Å². The van der Waals surface area contributed by atoms with E-state index in [0.29, 0.717) is 18.8 Å². The minimum absolute atomic E-state index is 0.0146. The number of halogens is 1. The number of anilines is 1. The van der Waals surface area contributed by atoms with E-state index in [2.05, 4.69) is 15.6 Å². The van der Waals surface area contributed by atoms with Gasteiger partial charge in [-0.2, -0.15) is 0 Å². The first kappa shape index (κ1) is 15.4. The summed E-state index contributed by atoms with van der Waals surface area (Å²) in [5.41, 5.74) is 1.11. The van der Waals surface area contributed by atoms with E-state index < -0.39 is 5.82 Å². The molecule has 2 heterocycles. The first-order valence-electron chi connectivity index (χ1n) is 7.56. The van der Waals surface area contributed by atoms with Gasteiger partial charge in [0.15, 0.2) is 0 Å². The Hall–Kier alpha value is -2.47. The van der Waals surface area contributed by atoms with Crippen LogP contribution in [-0.4, -0.2) is 23.7 Å². The first-order chi connectivity index (χ1) is 11.2. The summed E-state index contributed by atoms with van der Waals surface area (Å²) in [6.07, 6.45) is 2.52. The molecule has 0 aliphatic carbocycles. The molecule has 2 N–H and O–H groups in total. The quantitative estimate of drug-likeness (QED) is 0.914. The van der Waals surface area contributed by atoms with Gasteiger partial charge in [-0.1, -0.05) is 30.3 Å². The van der Waals surface area contributed by atoms with Crippen molar-refractivity contribution in [1.29, 1.82) is 0 Å². The van der Waals surface area contributed by atoms with E-state index in [0.717, 1.165) is 18.2 Å². The van der Waals surface area contributed by atoms with Crippen LogP contribution in [0.25, 0.3) is 0 Å². The van der Waals surface area contributed by atoms with Crippen LogP contribution < -0.4 is 10.6 Å². The Balaban J connectivity index is 1.55. The maximum absolute atomic E-state index is 12.8. The Kier molecular flexibility index (Phi) is 4.83. The number of nitrogens with one attached hydrogen (secondary N) is 2. The molecule has 1 aliphatic rings. The molecule has 1 aromatic heterocycles. The fourth-order valence-corrected chi connectivity index (χ4v) is 2.62. The lowest BCUT2D eigenvalue weighted by molar-refractivity contribution is 0.00253. The molecule has 0 saturated carbocycles. The van der Waals surface area contributed by atoms with Crippen molar-refractivity contribution in [2.45, 2.75) is 25.0 Å². The van der Waals surface area contributed by atoms with Crippen LogP contribution in [0.1, 0.15) is 24.5 Å². The molecule has 0 radical (unpaired) electrons. The molecule has 2 atom stereocenters. The molecule has 1 fully saturated rings. The fourth-order valence-electron chi connectivity index (χ4n) is 2.62. The monoisotopic (exact) mass is 315 g/mol. The number of urea groups is 1. The lowest BCUT2D eigenvalue weighted by atomic mass is 9.97. The molecule has 1 aliphatic heterocycles. The van der Waals surface area contributed by atoms with Gasteiger partial charge in [-0.3, -0.25) is 5.32 Å². The summed E-state index contributed by atoms with van der Waals surface area (Å²) in [5.74, 6) is -0.123. The predicted molar refractivity (Wildman–Crippen MR) is 84.5 cm³/mol. The largest absolute Gasteiger partial charge is 0.373 e. The van der Waals surface area contributed by atoms with Gasteiger partial charge in [-0.25, -0.2) is 14.2 Å². The zero-order valence-corrected chi connectivity index (χ0v) is 12.5. The Morgan fingerprint density at radius 1 is 1.22 bits per heavy atom. The van der Waals surface area contributed by atoms with Crippen molar-refractivity contribution in [3.05, 3.63) is 60.0 Å². The van der Waals surface area contributed by atoms with E-state index in [9.17, 15) is 9.18 Å². The zero-order chi connectivity index (χ0) is 16.1. The van der Waals surface area contributed by atoms with Gasteiger partial charge < -0.3 is 10.1 Å². The van der Waals surface area contributed by atoms with Gasteiger partial charge in [0.05, 0.1) is 12.3 Å². The number of hydrogen-bond acceptors (Lipinski definition) is 3. The Morgan fingerprint density at radius 3 is 2.78 bits per heavy atom. The molecule has 2 aromatic rings. The maximum atomic E-state index is 12.8. The summed E-state index contributed by atoms with van der Waals surface area (Å²) in [5, 5.41) is 5.52. The molecule has 0 bridgehead atoms. The second-order valence-corrected chi connectivity index (χ2v) is 5.45. The minimum Gasteiger partial charge on any atom is -0.373 e. The summed E-state index contributed by atoms with van der Waals surface area (Å²) >= 11 is 0. The molecule has 3 rings (SSSR count). The SMILES string of the molecule is O=C(Nc1ccc(F)cn1)N[C@@H]1CCO[C@H](c2ccccc2)C1. The van der Waals surface area contributed by atoms with Crippen molar-refractivity contribution in [3.8, 4) is 0 Å². The summed E-state index contributed by atoms with van der Waals surface area (Å²) in [7, 11) is 0. The predicted octanol–water partition coefficient (Wildman–Crippen LogP) is 3.26. The molecular formula is C17H18FN3O2. The average molecular weight is 315 g/mol. The molecule has 120 valence electrons. The molecule has 6 heteroatoms. The number of ether oxygens (including phenoxy) is 1. The van der Waals surface area contributed by atoms with Gasteiger partial charge in [0, 0.05) is 12.6 Å². The highest BCUT2D eigenvalue weighted by molar-refractivity contribution is 5.88. The Labute approximate surface area is 133 Å². The topological polar surface area (TPSA) is 63.2 Å². The molecule has 23 heavy (non-hydrogen) atoms. The number of carbonyl (C=O) groups is 1. The summed E-state index contributed by atoms with van der Waals surface area (Å²) in [6, 6.07) is 12.3. The molecule has 5 nitrogen and oxygen atoms in total. The second kappa shape index (κ2) is 7.19. The summed E-state index contributed by atoms with van der Waals surface area (Å²) in [4.78, 5) is 15.8. The number of nitrogens with zero attached hydrogens (tertiary/aromatic N) is 1. The van der Waals surface area contributed by atoms with Crippen molar-refractivity contribution in [1.82, 2.24) is 10.3 Å². The molecular weight excluding hydrogens is 297 g/mol. The van der Waals surface area contributed by atoms with Crippen molar-refractivity contribution in [2.24, 2.45) is 0 Å². The highest BCUT2D eigenvalue weighted by Gasteiger charge is 2.25. The van der Waals surface area contributed by atoms with Gasteiger partial charge >= 0.3 is 6.03 Å². The smallest absolute Gasteiger partial charge is 0.320 e. The van der Waals surface area contributed by atoms with Crippen LogP contribution in [0.15, 0.2) is 48.7 Å². The number of rotatable bonds is 3. The molecule has 2 amide bonds. The highest BCUT2D eigenvalue weighted by Crippen LogP contribution is 2.27. The van der Waals surface area contributed by atoms with Crippen LogP contribution in [0, 0.1) is 5.82 Å². The Morgan fingerprint density at radius 2 is 2.04 bits per heavy atom. The van der Waals surface area contributed by atoms with Crippen molar-refractivity contribution < 1.29 is 13.9 Å². The van der Waals surface area contributed by atoms with Crippen LogP contribution in [-0.2, 0) is 4.74 Å². The normalized spacial score (nSPS) is 20.7. The maximum Gasteiger partial charge on any atom is 0.320 e. The second-order valence-electron chi connectivity index (χ2n) is 5.45. The number of hydrogen-bond donors (Lipinski definition) is 2.